The molecular weight excluding hydrogens is 380 g/mol. The van der Waals surface area contributed by atoms with Crippen molar-refractivity contribution in [3.63, 3.8) is 0 Å². The zero-order valence-electron chi connectivity index (χ0n) is 15.2. The number of anilines is 1. The normalized spacial score (nSPS) is 14.6. The predicted octanol–water partition coefficient (Wildman–Crippen LogP) is 1.90. The molecular formula is C19H14N4O4S. The summed E-state index contributed by atoms with van der Waals surface area (Å²) in [5.74, 6) is -1.69. The molecule has 0 spiro atoms. The Bertz CT molecular complexity index is 1280. The van der Waals surface area contributed by atoms with Gasteiger partial charge in [-0.25, -0.2) is 4.79 Å². The second-order valence-corrected chi connectivity index (χ2v) is 7.09. The quantitative estimate of drug-likeness (QED) is 0.409. The lowest BCUT2D eigenvalue weighted by Crippen LogP contribution is -2.26. The smallest absolute Gasteiger partial charge is 0.340 e. The zero-order chi connectivity index (χ0) is 20.3. The van der Waals surface area contributed by atoms with Crippen molar-refractivity contribution < 1.29 is 19.1 Å². The Labute approximate surface area is 163 Å². The molecule has 0 aliphatic carbocycles. The van der Waals surface area contributed by atoms with Crippen molar-refractivity contribution in [2.45, 2.75) is 4.90 Å². The number of thioether (sulfide) groups is 1. The summed E-state index contributed by atoms with van der Waals surface area (Å²) in [6.45, 7) is 0. The van der Waals surface area contributed by atoms with Crippen LogP contribution in [0.25, 0.3) is 22.1 Å². The van der Waals surface area contributed by atoms with Crippen molar-refractivity contribution in [3.05, 3.63) is 34.9 Å². The molecule has 8 nitrogen and oxygen atoms in total. The van der Waals surface area contributed by atoms with Gasteiger partial charge in [-0.05, 0) is 24.5 Å². The SMILES string of the molecule is COC(=O)c1cc2c(SC)c(C3=C(C#N)C(=O)N(C)C3=O)c3cc(N)cc1n23. The Kier molecular flexibility index (Phi) is 3.83. The Morgan fingerprint density at radius 2 is 1.86 bits per heavy atom. The number of pyridine rings is 1. The number of imide groups is 1. The maximum Gasteiger partial charge on any atom is 0.340 e. The van der Waals surface area contributed by atoms with Crippen LogP contribution in [0.2, 0.25) is 0 Å². The first kappa shape index (κ1) is 17.9. The van der Waals surface area contributed by atoms with Crippen LogP contribution < -0.4 is 5.73 Å². The van der Waals surface area contributed by atoms with E-state index in [9.17, 15) is 19.6 Å². The van der Waals surface area contributed by atoms with Crippen LogP contribution in [0.3, 0.4) is 0 Å². The molecule has 1 aliphatic rings. The molecule has 0 saturated carbocycles. The van der Waals surface area contributed by atoms with Crippen molar-refractivity contribution in [1.29, 1.82) is 5.26 Å². The third-order valence-electron chi connectivity index (χ3n) is 4.86. The van der Waals surface area contributed by atoms with Crippen molar-refractivity contribution in [2.24, 2.45) is 0 Å². The zero-order valence-corrected chi connectivity index (χ0v) is 16.0. The average Bonchev–Trinajstić information content (AvgIpc) is 3.27. The minimum atomic E-state index is -0.637. The number of carbonyl (C=O) groups is 3. The molecule has 0 fully saturated rings. The molecule has 0 radical (unpaired) electrons. The van der Waals surface area contributed by atoms with Gasteiger partial charge in [-0.15, -0.1) is 11.8 Å². The minimum absolute atomic E-state index is 0.0505. The van der Waals surface area contributed by atoms with E-state index in [1.807, 2.05) is 12.3 Å². The van der Waals surface area contributed by atoms with Crippen LogP contribution in [-0.4, -0.2) is 47.5 Å². The molecule has 0 atom stereocenters. The highest BCUT2D eigenvalue weighted by molar-refractivity contribution is 7.98. The van der Waals surface area contributed by atoms with Crippen LogP contribution in [0.1, 0.15) is 15.9 Å². The number of ether oxygens (including phenoxy) is 1. The van der Waals surface area contributed by atoms with E-state index in [1.54, 1.807) is 22.6 Å². The minimum Gasteiger partial charge on any atom is -0.465 e. The van der Waals surface area contributed by atoms with Gasteiger partial charge in [0, 0.05) is 23.2 Å². The van der Waals surface area contributed by atoms with Gasteiger partial charge in [-0.2, -0.15) is 5.26 Å². The Morgan fingerprint density at radius 3 is 2.46 bits per heavy atom. The summed E-state index contributed by atoms with van der Waals surface area (Å²) in [6, 6.07) is 6.83. The molecule has 2 amide bonds. The molecule has 0 unspecified atom stereocenters. The highest BCUT2D eigenvalue weighted by atomic mass is 32.2. The van der Waals surface area contributed by atoms with Crippen molar-refractivity contribution in [1.82, 2.24) is 9.30 Å². The van der Waals surface area contributed by atoms with Crippen LogP contribution >= 0.6 is 11.8 Å². The van der Waals surface area contributed by atoms with E-state index in [1.165, 1.54) is 25.9 Å². The van der Waals surface area contributed by atoms with Gasteiger partial charge in [-0.3, -0.25) is 14.5 Å². The molecule has 4 heterocycles. The van der Waals surface area contributed by atoms with E-state index >= 15 is 0 Å². The van der Waals surface area contributed by atoms with Crippen molar-refractivity contribution >= 4 is 57.4 Å². The molecule has 9 heteroatoms. The van der Waals surface area contributed by atoms with Gasteiger partial charge in [0.1, 0.15) is 11.6 Å². The number of nitriles is 1. The van der Waals surface area contributed by atoms with Crippen molar-refractivity contribution in [2.75, 3.05) is 26.1 Å². The van der Waals surface area contributed by atoms with Gasteiger partial charge in [0.05, 0.1) is 34.8 Å². The lowest BCUT2D eigenvalue weighted by atomic mass is 10.0. The fourth-order valence-electron chi connectivity index (χ4n) is 3.64. The van der Waals surface area contributed by atoms with Gasteiger partial charge in [0.2, 0.25) is 0 Å². The molecule has 4 rings (SSSR count). The number of aromatic nitrogens is 1. The number of rotatable bonds is 3. The standard InChI is InChI=1S/C19H14N4O4S/c1-22-17(24)10(7-20)14(18(22)25)15-12-5-8(21)4-11-9(19(26)27-2)6-13(23(11)12)16(15)28-3/h4-6H,21H2,1-3H3. The highest BCUT2D eigenvalue weighted by Crippen LogP contribution is 2.44. The fraction of sp³-hybridized carbons (Fsp3) is 0.158. The van der Waals surface area contributed by atoms with E-state index in [0.717, 1.165) is 4.90 Å². The van der Waals surface area contributed by atoms with E-state index in [2.05, 4.69) is 0 Å². The Morgan fingerprint density at radius 1 is 1.18 bits per heavy atom. The first-order valence-electron chi connectivity index (χ1n) is 8.15. The van der Waals surface area contributed by atoms with E-state index < -0.39 is 17.8 Å². The van der Waals surface area contributed by atoms with Gasteiger partial charge in [0.25, 0.3) is 11.8 Å². The summed E-state index contributed by atoms with van der Waals surface area (Å²) in [5.41, 5.74) is 8.84. The fourth-order valence-corrected chi connectivity index (χ4v) is 4.41. The summed E-state index contributed by atoms with van der Waals surface area (Å²) in [5, 5.41) is 9.50. The summed E-state index contributed by atoms with van der Waals surface area (Å²) in [7, 11) is 2.64. The molecule has 0 aromatic carbocycles. The number of nitrogen functional groups attached to an aromatic ring is 1. The Balaban J connectivity index is 2.19. The number of amides is 2. The lowest BCUT2D eigenvalue weighted by molar-refractivity contribution is -0.135. The first-order chi connectivity index (χ1) is 13.3. The van der Waals surface area contributed by atoms with E-state index in [0.29, 0.717) is 38.3 Å². The lowest BCUT2D eigenvalue weighted by Gasteiger charge is -2.08. The monoisotopic (exact) mass is 394 g/mol. The summed E-state index contributed by atoms with van der Waals surface area (Å²) in [6.07, 6.45) is 1.82. The molecule has 0 bridgehead atoms. The number of carbonyl (C=O) groups excluding carboxylic acids is 3. The number of esters is 1. The van der Waals surface area contributed by atoms with Crippen LogP contribution in [-0.2, 0) is 14.3 Å². The number of hydrogen-bond donors (Lipinski definition) is 1. The average molecular weight is 394 g/mol. The maximum absolute atomic E-state index is 12.8. The Hall–Kier alpha value is -3.51. The maximum atomic E-state index is 12.8. The summed E-state index contributed by atoms with van der Waals surface area (Å²) >= 11 is 1.35. The highest BCUT2D eigenvalue weighted by Gasteiger charge is 2.40. The van der Waals surface area contributed by atoms with Gasteiger partial charge < -0.3 is 14.9 Å². The van der Waals surface area contributed by atoms with Gasteiger partial charge in [0.15, 0.2) is 0 Å². The topological polar surface area (TPSA) is 118 Å². The van der Waals surface area contributed by atoms with E-state index in [-0.39, 0.29) is 11.1 Å². The number of methoxy groups -OCH3 is 1. The molecule has 2 N–H and O–H groups in total. The van der Waals surface area contributed by atoms with Gasteiger partial charge >= 0.3 is 5.97 Å². The molecule has 3 aromatic heterocycles. The van der Waals surface area contributed by atoms with E-state index in [4.69, 9.17) is 10.5 Å². The number of nitrogens with two attached hydrogens (primary N) is 1. The van der Waals surface area contributed by atoms with Crippen LogP contribution in [0.5, 0.6) is 0 Å². The number of hydrogen-bond acceptors (Lipinski definition) is 7. The van der Waals surface area contributed by atoms with Gasteiger partial charge in [-0.1, -0.05) is 0 Å². The van der Waals surface area contributed by atoms with Crippen molar-refractivity contribution in [3.8, 4) is 6.07 Å². The largest absolute Gasteiger partial charge is 0.465 e. The third-order valence-corrected chi connectivity index (χ3v) is 5.68. The second-order valence-electron chi connectivity index (χ2n) is 6.27. The molecule has 0 saturated heterocycles. The summed E-state index contributed by atoms with van der Waals surface area (Å²) in [4.78, 5) is 38.9. The number of likely N-dealkylation sites (N-methyl/N-ethyl adjacent to an activating group) is 1. The molecule has 3 aromatic rings. The van der Waals surface area contributed by atoms with Crippen LogP contribution in [0, 0.1) is 11.3 Å². The third kappa shape index (κ3) is 2.09. The molecule has 140 valence electrons. The second kappa shape index (κ2) is 6.00. The first-order valence-corrected chi connectivity index (χ1v) is 9.37. The van der Waals surface area contributed by atoms with Crippen LogP contribution in [0.15, 0.2) is 28.7 Å². The molecule has 28 heavy (non-hydrogen) atoms. The molecule has 1 aliphatic heterocycles. The van der Waals surface area contributed by atoms with Crippen LogP contribution in [0.4, 0.5) is 5.69 Å². The predicted molar refractivity (Wildman–Crippen MR) is 104 cm³/mol. The number of nitrogens with zero attached hydrogens (tertiary/aromatic N) is 3. The summed E-state index contributed by atoms with van der Waals surface area (Å²) < 4.78 is 6.66.